The van der Waals surface area contributed by atoms with Gasteiger partial charge in [0.2, 0.25) is 5.91 Å². The highest BCUT2D eigenvalue weighted by Gasteiger charge is 2.35. The van der Waals surface area contributed by atoms with Crippen molar-refractivity contribution in [3.8, 4) is 0 Å². The maximum absolute atomic E-state index is 11.6. The predicted molar refractivity (Wildman–Crippen MR) is 74.6 cm³/mol. The Morgan fingerprint density at radius 2 is 2.35 bits per heavy atom. The highest BCUT2D eigenvalue weighted by Crippen LogP contribution is 2.39. The molecule has 0 aromatic carbocycles. The van der Waals surface area contributed by atoms with Gasteiger partial charge in [-0.25, -0.2) is 15.0 Å². The fourth-order valence-electron chi connectivity index (χ4n) is 2.29. The van der Waals surface area contributed by atoms with Crippen molar-refractivity contribution >= 4 is 34.7 Å². The maximum Gasteiger partial charge on any atom is 0.220 e. The Morgan fingerprint density at radius 1 is 1.55 bits per heavy atom. The lowest BCUT2D eigenvalue weighted by Gasteiger charge is -2.19. The van der Waals surface area contributed by atoms with Gasteiger partial charge in [-0.3, -0.25) is 4.79 Å². The number of nitrogens with zero attached hydrogens (tertiary/aromatic N) is 5. The molecule has 2 atom stereocenters. The quantitative estimate of drug-likeness (QED) is 0.790. The first-order chi connectivity index (χ1) is 9.61. The van der Waals surface area contributed by atoms with Crippen molar-refractivity contribution in [3.05, 3.63) is 12.7 Å². The van der Waals surface area contributed by atoms with Gasteiger partial charge in [-0.15, -0.1) is 11.8 Å². The third kappa shape index (κ3) is 1.98. The summed E-state index contributed by atoms with van der Waals surface area (Å²) in [5.74, 6) is 0.275. The van der Waals surface area contributed by atoms with Gasteiger partial charge >= 0.3 is 0 Å². The van der Waals surface area contributed by atoms with E-state index in [0.717, 1.165) is 0 Å². The molecule has 0 saturated carbocycles. The molecular formula is C11H14N6O2S. The first-order valence-corrected chi connectivity index (χ1v) is 7.02. The molecule has 2 aromatic rings. The van der Waals surface area contributed by atoms with Crippen LogP contribution < -0.4 is 5.73 Å². The monoisotopic (exact) mass is 294 g/mol. The molecule has 3 heterocycles. The Kier molecular flexibility index (Phi) is 3.22. The van der Waals surface area contributed by atoms with E-state index in [1.54, 1.807) is 11.2 Å². The molecule has 1 fully saturated rings. The number of carbonyl (C=O) groups is 1. The summed E-state index contributed by atoms with van der Waals surface area (Å²) < 4.78 is 1.86. The van der Waals surface area contributed by atoms with Crippen LogP contribution in [0.1, 0.15) is 12.3 Å². The van der Waals surface area contributed by atoms with Gasteiger partial charge in [-0.05, 0) is 0 Å². The largest absolute Gasteiger partial charge is 0.393 e. The van der Waals surface area contributed by atoms with Crippen molar-refractivity contribution in [3.63, 3.8) is 0 Å². The molecule has 0 aliphatic carbocycles. The van der Waals surface area contributed by atoms with E-state index in [2.05, 4.69) is 15.0 Å². The van der Waals surface area contributed by atoms with E-state index < -0.39 is 0 Å². The molecule has 20 heavy (non-hydrogen) atoms. The van der Waals surface area contributed by atoms with Gasteiger partial charge in [-0.1, -0.05) is 0 Å². The van der Waals surface area contributed by atoms with Crippen LogP contribution in [0.15, 0.2) is 12.7 Å². The van der Waals surface area contributed by atoms with Crippen LogP contribution in [0, 0.1) is 0 Å². The van der Waals surface area contributed by atoms with Crippen molar-refractivity contribution in [1.29, 1.82) is 0 Å². The number of nitrogens with two attached hydrogens (primary N) is 1. The minimum Gasteiger partial charge on any atom is -0.393 e. The Balaban J connectivity index is 1.97. The minimum atomic E-state index is -0.242. The smallest absolute Gasteiger partial charge is 0.220 e. The number of imidazole rings is 1. The van der Waals surface area contributed by atoms with Crippen LogP contribution >= 0.6 is 11.8 Å². The first kappa shape index (κ1) is 13.1. The van der Waals surface area contributed by atoms with Gasteiger partial charge in [0.25, 0.3) is 0 Å². The molecule has 1 aliphatic heterocycles. The van der Waals surface area contributed by atoms with Crippen LogP contribution in [-0.2, 0) is 4.79 Å². The lowest BCUT2D eigenvalue weighted by atomic mass is 10.4. The molecule has 9 heteroatoms. The number of carbonyl (C=O) groups excluding carboxylic acids is 1. The molecule has 1 aliphatic rings. The predicted octanol–water partition coefficient (Wildman–Crippen LogP) is -0.179. The third-order valence-corrected chi connectivity index (χ3v) is 4.68. The van der Waals surface area contributed by atoms with E-state index in [1.165, 1.54) is 25.0 Å². The summed E-state index contributed by atoms with van der Waals surface area (Å²) in [6, 6.07) is 0. The number of aromatic nitrogens is 4. The second-order valence-electron chi connectivity index (χ2n) is 4.48. The third-order valence-electron chi connectivity index (χ3n) is 3.27. The van der Waals surface area contributed by atoms with Crippen LogP contribution in [0.2, 0.25) is 0 Å². The number of hydrogen-bond donors (Lipinski definition) is 2. The van der Waals surface area contributed by atoms with E-state index in [-0.39, 0.29) is 23.3 Å². The average molecular weight is 294 g/mol. The first-order valence-electron chi connectivity index (χ1n) is 6.08. The van der Waals surface area contributed by atoms with Crippen LogP contribution in [0.3, 0.4) is 0 Å². The second kappa shape index (κ2) is 4.91. The standard InChI is InChI=1S/C11H14N6O2S/c1-6(19)16-2-7(20-8(16)3-18)17-5-15-9-10(12)13-4-14-11(9)17/h4-5,7-8,18H,2-3H2,1H3,(H2,12,13,14)/t7-,8-/m1/s1. The van der Waals surface area contributed by atoms with Gasteiger partial charge in [-0.2, -0.15) is 0 Å². The van der Waals surface area contributed by atoms with Gasteiger partial charge in [0, 0.05) is 6.92 Å². The van der Waals surface area contributed by atoms with Gasteiger partial charge in [0.05, 0.1) is 19.5 Å². The van der Waals surface area contributed by atoms with Crippen molar-refractivity contribution in [2.45, 2.75) is 17.7 Å². The lowest BCUT2D eigenvalue weighted by molar-refractivity contribution is -0.129. The van der Waals surface area contributed by atoms with Gasteiger partial charge < -0.3 is 20.3 Å². The SMILES string of the molecule is CC(=O)N1C[C@H](n2cnc3c(N)ncnc32)S[C@@H]1CO. The molecule has 8 nitrogen and oxygen atoms in total. The normalized spacial score (nSPS) is 22.6. The molecule has 1 amide bonds. The maximum atomic E-state index is 11.6. The van der Waals surface area contributed by atoms with Crippen LogP contribution in [0.5, 0.6) is 0 Å². The number of hydrogen-bond acceptors (Lipinski definition) is 7. The summed E-state index contributed by atoms with van der Waals surface area (Å²) in [6.45, 7) is 1.92. The van der Waals surface area contributed by atoms with E-state index in [0.29, 0.717) is 23.5 Å². The number of nitrogen functional groups attached to an aromatic ring is 1. The topological polar surface area (TPSA) is 110 Å². The van der Waals surface area contributed by atoms with Crippen LogP contribution in [-0.4, -0.2) is 54.0 Å². The van der Waals surface area contributed by atoms with E-state index in [1.807, 2.05) is 4.57 Å². The minimum absolute atomic E-state index is 0.0460. The van der Waals surface area contributed by atoms with Crippen molar-refractivity contribution < 1.29 is 9.90 Å². The highest BCUT2D eigenvalue weighted by atomic mass is 32.2. The Labute approximate surface area is 119 Å². The molecule has 106 valence electrons. The van der Waals surface area contributed by atoms with Gasteiger partial charge in [0.15, 0.2) is 11.5 Å². The number of rotatable bonds is 2. The average Bonchev–Trinajstić information content (AvgIpc) is 3.02. The molecule has 1 saturated heterocycles. The fraction of sp³-hybridized carbons (Fsp3) is 0.455. The summed E-state index contributed by atoms with van der Waals surface area (Å²) in [5.41, 5.74) is 6.95. The molecule has 0 bridgehead atoms. The number of thioether (sulfide) groups is 1. The van der Waals surface area contributed by atoms with Crippen molar-refractivity contribution in [1.82, 2.24) is 24.4 Å². The highest BCUT2D eigenvalue weighted by molar-refractivity contribution is 8.00. The lowest BCUT2D eigenvalue weighted by Crippen LogP contribution is -2.35. The van der Waals surface area contributed by atoms with Crippen LogP contribution in [0.4, 0.5) is 5.82 Å². The number of anilines is 1. The molecule has 0 unspecified atom stereocenters. The molecular weight excluding hydrogens is 280 g/mol. The molecule has 0 radical (unpaired) electrons. The summed E-state index contributed by atoms with van der Waals surface area (Å²) in [7, 11) is 0. The number of aliphatic hydroxyl groups is 1. The molecule has 3 N–H and O–H groups in total. The Bertz CT molecular complexity index is 659. The van der Waals surface area contributed by atoms with E-state index >= 15 is 0 Å². The molecule has 3 rings (SSSR count). The molecule has 2 aromatic heterocycles. The zero-order chi connectivity index (χ0) is 14.3. The zero-order valence-corrected chi connectivity index (χ0v) is 11.6. The Hall–Kier alpha value is -1.87. The van der Waals surface area contributed by atoms with Crippen molar-refractivity contribution in [2.75, 3.05) is 18.9 Å². The van der Waals surface area contributed by atoms with E-state index in [9.17, 15) is 9.90 Å². The molecule has 0 spiro atoms. The summed E-state index contributed by atoms with van der Waals surface area (Å²) in [6.07, 6.45) is 3.03. The number of amides is 1. The number of fused-ring (bicyclic) bond motifs is 1. The Morgan fingerprint density at radius 3 is 3.00 bits per heavy atom. The number of aliphatic hydroxyl groups excluding tert-OH is 1. The summed E-state index contributed by atoms with van der Waals surface area (Å²) in [5, 5.41) is 9.09. The van der Waals surface area contributed by atoms with E-state index in [4.69, 9.17) is 5.73 Å². The zero-order valence-electron chi connectivity index (χ0n) is 10.8. The van der Waals surface area contributed by atoms with Crippen molar-refractivity contribution in [2.24, 2.45) is 0 Å². The summed E-state index contributed by atoms with van der Waals surface area (Å²) in [4.78, 5) is 25.5. The summed E-state index contributed by atoms with van der Waals surface area (Å²) >= 11 is 1.50. The van der Waals surface area contributed by atoms with Gasteiger partial charge in [0.1, 0.15) is 22.6 Å². The second-order valence-corrected chi connectivity index (χ2v) is 5.84. The fourth-order valence-corrected chi connectivity index (χ4v) is 3.65. The van der Waals surface area contributed by atoms with Crippen LogP contribution in [0.25, 0.3) is 11.2 Å².